The Morgan fingerprint density at radius 2 is 1.76 bits per heavy atom. The summed E-state index contributed by atoms with van der Waals surface area (Å²) in [7, 11) is 0. The standard InChI is InChI=1S/C30H40O4/c1-4-5-6-7-24-8-10-25(11-9-24)26-12-14-27(15-13-26)29-17-16-28(20-22(29)2)33-18-19-34-30(32)23(3)21-31/h12-17,20,24-25,31H,3-11,18-19,21H2,1-2H3. The first-order valence-corrected chi connectivity index (χ1v) is 12.8. The van der Waals surface area contributed by atoms with E-state index in [-0.39, 0.29) is 18.8 Å². The molecule has 4 nitrogen and oxygen atoms in total. The SMILES string of the molecule is C=C(CO)C(=O)OCCOc1ccc(-c2ccc(C3CCC(CCCCC)CC3)cc2)c(C)c1. The first-order chi connectivity index (χ1) is 16.5. The van der Waals surface area contributed by atoms with Gasteiger partial charge in [-0.15, -0.1) is 0 Å². The summed E-state index contributed by atoms with van der Waals surface area (Å²) in [5.41, 5.74) is 5.08. The van der Waals surface area contributed by atoms with Crippen LogP contribution in [0.25, 0.3) is 11.1 Å². The largest absolute Gasteiger partial charge is 0.490 e. The van der Waals surface area contributed by atoms with E-state index in [0.29, 0.717) is 5.92 Å². The summed E-state index contributed by atoms with van der Waals surface area (Å²) in [5.74, 6) is 1.79. The van der Waals surface area contributed by atoms with Crippen LogP contribution in [-0.4, -0.2) is 30.9 Å². The summed E-state index contributed by atoms with van der Waals surface area (Å²) in [6, 6.07) is 15.2. The number of esters is 1. The van der Waals surface area contributed by atoms with Crippen LogP contribution in [0.4, 0.5) is 0 Å². The molecule has 3 rings (SSSR count). The minimum atomic E-state index is -0.596. The molecule has 0 unspecified atom stereocenters. The van der Waals surface area contributed by atoms with Gasteiger partial charge in [-0.05, 0) is 78.8 Å². The lowest BCUT2D eigenvalue weighted by Crippen LogP contribution is -2.15. The van der Waals surface area contributed by atoms with Crippen molar-refractivity contribution in [3.05, 3.63) is 65.7 Å². The van der Waals surface area contributed by atoms with Gasteiger partial charge < -0.3 is 14.6 Å². The van der Waals surface area contributed by atoms with E-state index in [4.69, 9.17) is 14.6 Å². The van der Waals surface area contributed by atoms with Gasteiger partial charge in [0.15, 0.2) is 0 Å². The Morgan fingerprint density at radius 1 is 1.03 bits per heavy atom. The van der Waals surface area contributed by atoms with Gasteiger partial charge in [-0.25, -0.2) is 4.79 Å². The van der Waals surface area contributed by atoms with Crippen molar-refractivity contribution in [2.75, 3.05) is 19.8 Å². The summed E-state index contributed by atoms with van der Waals surface area (Å²) in [6.45, 7) is 7.77. The Balaban J connectivity index is 1.50. The fraction of sp³-hybridized carbons (Fsp3) is 0.500. The monoisotopic (exact) mass is 464 g/mol. The maximum absolute atomic E-state index is 11.5. The second-order valence-corrected chi connectivity index (χ2v) is 9.56. The number of ether oxygens (including phenoxy) is 2. The van der Waals surface area contributed by atoms with Crippen molar-refractivity contribution in [3.63, 3.8) is 0 Å². The lowest BCUT2D eigenvalue weighted by molar-refractivity contribution is -0.140. The van der Waals surface area contributed by atoms with Crippen molar-refractivity contribution < 1.29 is 19.4 Å². The van der Waals surface area contributed by atoms with Crippen molar-refractivity contribution in [1.29, 1.82) is 0 Å². The number of benzene rings is 2. The highest BCUT2D eigenvalue weighted by Crippen LogP contribution is 2.38. The van der Waals surface area contributed by atoms with E-state index in [2.05, 4.69) is 50.8 Å². The Bertz CT molecular complexity index is 923. The van der Waals surface area contributed by atoms with Gasteiger partial charge in [0, 0.05) is 0 Å². The number of aryl methyl sites for hydroxylation is 1. The van der Waals surface area contributed by atoms with Crippen LogP contribution in [0.5, 0.6) is 5.75 Å². The molecular weight excluding hydrogens is 424 g/mol. The summed E-state index contributed by atoms with van der Waals surface area (Å²) in [4.78, 5) is 11.5. The molecule has 0 radical (unpaired) electrons. The molecule has 0 spiro atoms. The molecule has 1 fully saturated rings. The molecule has 0 saturated heterocycles. The Kier molecular flexibility index (Phi) is 10.2. The number of hydrogen-bond acceptors (Lipinski definition) is 4. The van der Waals surface area contributed by atoms with E-state index in [0.717, 1.165) is 17.2 Å². The van der Waals surface area contributed by atoms with Gasteiger partial charge >= 0.3 is 5.97 Å². The van der Waals surface area contributed by atoms with Crippen molar-refractivity contribution in [2.24, 2.45) is 5.92 Å². The number of carbonyl (C=O) groups is 1. The first kappa shape index (κ1) is 26.0. The predicted octanol–water partition coefficient (Wildman–Crippen LogP) is 6.99. The van der Waals surface area contributed by atoms with Gasteiger partial charge in [0.1, 0.15) is 19.0 Å². The van der Waals surface area contributed by atoms with E-state index >= 15 is 0 Å². The average Bonchev–Trinajstić information content (AvgIpc) is 2.87. The van der Waals surface area contributed by atoms with Crippen LogP contribution in [0.2, 0.25) is 0 Å². The second-order valence-electron chi connectivity index (χ2n) is 9.56. The number of hydrogen-bond donors (Lipinski definition) is 1. The molecule has 2 aromatic carbocycles. The third-order valence-electron chi connectivity index (χ3n) is 7.02. The maximum Gasteiger partial charge on any atom is 0.335 e. The van der Waals surface area contributed by atoms with Gasteiger partial charge in [0.25, 0.3) is 0 Å². The molecule has 1 N–H and O–H groups in total. The van der Waals surface area contributed by atoms with Crippen molar-refractivity contribution in [2.45, 2.75) is 71.1 Å². The number of aliphatic hydroxyl groups is 1. The molecule has 0 bridgehead atoms. The van der Waals surface area contributed by atoms with E-state index in [1.807, 2.05) is 12.1 Å². The molecule has 34 heavy (non-hydrogen) atoms. The van der Waals surface area contributed by atoms with Gasteiger partial charge in [-0.1, -0.05) is 69.5 Å². The highest BCUT2D eigenvalue weighted by molar-refractivity contribution is 5.87. The minimum Gasteiger partial charge on any atom is -0.490 e. The average molecular weight is 465 g/mol. The lowest BCUT2D eigenvalue weighted by Gasteiger charge is -2.29. The van der Waals surface area contributed by atoms with Gasteiger partial charge in [-0.2, -0.15) is 0 Å². The third kappa shape index (κ3) is 7.46. The zero-order valence-electron chi connectivity index (χ0n) is 20.9. The molecule has 4 heteroatoms. The Labute approximate surface area is 205 Å². The molecule has 1 saturated carbocycles. The summed E-state index contributed by atoms with van der Waals surface area (Å²) < 4.78 is 10.7. The van der Waals surface area contributed by atoms with E-state index in [9.17, 15) is 4.79 Å². The first-order valence-electron chi connectivity index (χ1n) is 12.8. The van der Waals surface area contributed by atoms with E-state index in [1.165, 1.54) is 68.1 Å². The topological polar surface area (TPSA) is 55.8 Å². The summed E-state index contributed by atoms with van der Waals surface area (Å²) >= 11 is 0. The van der Waals surface area contributed by atoms with Crippen molar-refractivity contribution >= 4 is 5.97 Å². The van der Waals surface area contributed by atoms with Crippen LogP contribution < -0.4 is 4.74 Å². The molecule has 1 aliphatic carbocycles. The van der Waals surface area contributed by atoms with Crippen LogP contribution in [0.3, 0.4) is 0 Å². The molecule has 184 valence electrons. The van der Waals surface area contributed by atoms with Crippen LogP contribution >= 0.6 is 0 Å². The van der Waals surface area contributed by atoms with Crippen LogP contribution in [0.15, 0.2) is 54.6 Å². The smallest absolute Gasteiger partial charge is 0.335 e. The van der Waals surface area contributed by atoms with E-state index < -0.39 is 12.6 Å². The van der Waals surface area contributed by atoms with Gasteiger partial charge in [0.05, 0.1) is 12.2 Å². The number of aliphatic hydroxyl groups excluding tert-OH is 1. The highest BCUT2D eigenvalue weighted by atomic mass is 16.6. The zero-order chi connectivity index (χ0) is 24.3. The fourth-order valence-electron chi connectivity index (χ4n) is 4.91. The van der Waals surface area contributed by atoms with Gasteiger partial charge in [-0.3, -0.25) is 0 Å². The third-order valence-corrected chi connectivity index (χ3v) is 7.02. The molecule has 0 heterocycles. The molecule has 0 aromatic heterocycles. The minimum absolute atomic E-state index is 0.0429. The zero-order valence-corrected chi connectivity index (χ0v) is 20.9. The van der Waals surface area contributed by atoms with Gasteiger partial charge in [0.2, 0.25) is 0 Å². The van der Waals surface area contributed by atoms with Crippen molar-refractivity contribution in [1.82, 2.24) is 0 Å². The molecular formula is C30H40O4. The van der Waals surface area contributed by atoms with E-state index in [1.54, 1.807) is 0 Å². The molecule has 0 atom stereocenters. The normalized spacial score (nSPS) is 17.9. The molecule has 0 amide bonds. The second kappa shape index (κ2) is 13.3. The number of unbranched alkanes of at least 4 members (excludes halogenated alkanes) is 2. The quantitative estimate of drug-likeness (QED) is 0.209. The van der Waals surface area contributed by atoms with Crippen LogP contribution in [0.1, 0.15) is 75.3 Å². The van der Waals surface area contributed by atoms with Crippen LogP contribution in [-0.2, 0) is 9.53 Å². The van der Waals surface area contributed by atoms with Crippen molar-refractivity contribution in [3.8, 4) is 16.9 Å². The molecule has 1 aliphatic rings. The summed E-state index contributed by atoms with van der Waals surface area (Å²) in [5, 5.41) is 8.88. The predicted molar refractivity (Wildman–Crippen MR) is 138 cm³/mol. The van der Waals surface area contributed by atoms with Crippen LogP contribution in [0, 0.1) is 12.8 Å². The Hall–Kier alpha value is -2.59. The highest BCUT2D eigenvalue weighted by Gasteiger charge is 2.22. The fourth-order valence-corrected chi connectivity index (χ4v) is 4.91. The number of rotatable bonds is 12. The molecule has 2 aromatic rings. The number of carbonyl (C=O) groups excluding carboxylic acids is 1. The summed E-state index contributed by atoms with van der Waals surface area (Å²) in [6.07, 6.45) is 10.9. The molecule has 0 aliphatic heterocycles. The Morgan fingerprint density at radius 3 is 2.41 bits per heavy atom. The maximum atomic E-state index is 11.5. The lowest BCUT2D eigenvalue weighted by atomic mass is 9.77.